The molecule has 94 valence electrons. The summed E-state index contributed by atoms with van der Waals surface area (Å²) in [5, 5.41) is 0.670. The number of nitrogens with zero attached hydrogens (tertiary/aromatic N) is 1. The molecule has 1 heterocycles. The van der Waals surface area contributed by atoms with Crippen LogP contribution >= 0.6 is 34.5 Å². The molecule has 0 saturated heterocycles. The van der Waals surface area contributed by atoms with Gasteiger partial charge in [0.25, 0.3) is 0 Å². The largest absolute Gasteiger partial charge is 0.497 e. The first kappa shape index (κ1) is 13.4. The van der Waals surface area contributed by atoms with E-state index in [9.17, 15) is 0 Å². The highest BCUT2D eigenvalue weighted by Gasteiger charge is 2.19. The minimum atomic E-state index is 0.670. The van der Waals surface area contributed by atoms with Crippen LogP contribution in [-0.2, 0) is 0 Å². The van der Waals surface area contributed by atoms with Gasteiger partial charge in [-0.15, -0.1) is 3.64 Å². The van der Waals surface area contributed by atoms with E-state index in [1.807, 2.05) is 35.1 Å². The number of methoxy groups -OCH3 is 1. The number of pyridine rings is 1. The van der Waals surface area contributed by atoms with E-state index in [1.165, 1.54) is 0 Å². The van der Waals surface area contributed by atoms with Crippen molar-refractivity contribution in [3.05, 3.63) is 47.1 Å². The van der Waals surface area contributed by atoms with Crippen LogP contribution in [0.4, 0.5) is 0 Å². The summed E-state index contributed by atoms with van der Waals surface area (Å²) >= 11 is 8.41. The standard InChI is InChI=1S/C13H13ClIN2O/c1-9-4-3-7-17(16-15)13(9)11-6-5-10(18-2)8-12(11)14/h3-8,16H,1-2H3/q+1. The van der Waals surface area contributed by atoms with Crippen molar-refractivity contribution in [2.45, 2.75) is 6.92 Å². The zero-order valence-electron chi connectivity index (χ0n) is 10.1. The van der Waals surface area contributed by atoms with Gasteiger partial charge < -0.3 is 4.74 Å². The Kier molecular flexibility index (Phi) is 4.29. The molecular formula is C13H13ClIN2O+. The van der Waals surface area contributed by atoms with Crippen molar-refractivity contribution in [3.8, 4) is 17.0 Å². The van der Waals surface area contributed by atoms with Gasteiger partial charge >= 0.3 is 0 Å². The molecule has 0 atom stereocenters. The Morgan fingerprint density at radius 2 is 2.11 bits per heavy atom. The highest BCUT2D eigenvalue weighted by atomic mass is 127. The lowest BCUT2D eigenvalue weighted by molar-refractivity contribution is -0.620. The van der Waals surface area contributed by atoms with Gasteiger partial charge in [0, 0.05) is 11.6 Å². The Bertz CT molecular complexity index is 575. The van der Waals surface area contributed by atoms with E-state index in [2.05, 4.69) is 39.5 Å². The summed E-state index contributed by atoms with van der Waals surface area (Å²) in [7, 11) is 1.63. The van der Waals surface area contributed by atoms with Crippen molar-refractivity contribution in [1.82, 2.24) is 0 Å². The number of hydrogen-bond donors (Lipinski definition) is 1. The summed E-state index contributed by atoms with van der Waals surface area (Å²) in [4.78, 5) is 0. The van der Waals surface area contributed by atoms with Gasteiger partial charge in [-0.1, -0.05) is 16.3 Å². The molecule has 0 aliphatic heterocycles. The molecular weight excluding hydrogens is 363 g/mol. The molecule has 0 unspecified atom stereocenters. The monoisotopic (exact) mass is 375 g/mol. The molecule has 1 aromatic carbocycles. The Hall–Kier alpha value is -1.01. The van der Waals surface area contributed by atoms with E-state index in [0.717, 1.165) is 22.6 Å². The average Bonchev–Trinajstić information content (AvgIpc) is 2.39. The fraction of sp³-hybridized carbons (Fsp3) is 0.154. The van der Waals surface area contributed by atoms with Crippen molar-refractivity contribution in [2.24, 2.45) is 0 Å². The lowest BCUT2D eigenvalue weighted by Gasteiger charge is -2.07. The van der Waals surface area contributed by atoms with Gasteiger partial charge in [-0.25, -0.2) is 0 Å². The fourth-order valence-electron chi connectivity index (χ4n) is 1.84. The highest BCUT2D eigenvalue weighted by Crippen LogP contribution is 2.30. The molecule has 2 aromatic rings. The lowest BCUT2D eigenvalue weighted by Crippen LogP contribution is -2.41. The maximum atomic E-state index is 6.32. The number of aryl methyl sites for hydroxylation is 1. The van der Waals surface area contributed by atoms with Crippen LogP contribution in [-0.4, -0.2) is 7.11 Å². The summed E-state index contributed by atoms with van der Waals surface area (Å²) < 4.78 is 10.2. The summed E-state index contributed by atoms with van der Waals surface area (Å²) in [6.45, 7) is 2.06. The third-order valence-corrected chi connectivity index (χ3v) is 3.55. The quantitative estimate of drug-likeness (QED) is 0.505. The number of nitrogens with one attached hydrogen (secondary N) is 1. The van der Waals surface area contributed by atoms with Crippen molar-refractivity contribution >= 4 is 34.5 Å². The van der Waals surface area contributed by atoms with E-state index in [0.29, 0.717) is 5.02 Å². The van der Waals surface area contributed by atoms with E-state index < -0.39 is 0 Å². The van der Waals surface area contributed by atoms with Gasteiger partial charge in [0.2, 0.25) is 11.9 Å². The maximum absolute atomic E-state index is 6.32. The SMILES string of the molecule is COc1ccc(-c2c(C)ccc[n+]2NI)c(Cl)c1. The zero-order valence-corrected chi connectivity index (χ0v) is 13.0. The second-order valence-corrected chi connectivity index (χ2v) is 4.73. The van der Waals surface area contributed by atoms with E-state index >= 15 is 0 Å². The predicted molar refractivity (Wildman–Crippen MR) is 81.8 cm³/mol. The lowest BCUT2D eigenvalue weighted by atomic mass is 10.1. The van der Waals surface area contributed by atoms with Crippen LogP contribution in [0, 0.1) is 6.92 Å². The average molecular weight is 376 g/mol. The van der Waals surface area contributed by atoms with Crippen LogP contribution in [0.15, 0.2) is 36.5 Å². The topological polar surface area (TPSA) is 25.1 Å². The van der Waals surface area contributed by atoms with Crippen LogP contribution in [0.5, 0.6) is 5.75 Å². The van der Waals surface area contributed by atoms with Crippen LogP contribution in [0.1, 0.15) is 5.56 Å². The first-order chi connectivity index (χ1) is 8.67. The first-order valence-electron chi connectivity index (χ1n) is 5.39. The number of rotatable bonds is 3. The van der Waals surface area contributed by atoms with Crippen LogP contribution < -0.4 is 13.1 Å². The molecule has 5 heteroatoms. The molecule has 0 bridgehead atoms. The molecule has 2 rings (SSSR count). The summed E-state index contributed by atoms with van der Waals surface area (Å²) in [5.41, 5.74) is 3.16. The van der Waals surface area contributed by atoms with E-state index in [1.54, 1.807) is 7.11 Å². The van der Waals surface area contributed by atoms with Gasteiger partial charge in [0.05, 0.1) is 17.7 Å². The van der Waals surface area contributed by atoms with Gasteiger partial charge in [-0.2, -0.15) is 0 Å². The molecule has 0 aliphatic rings. The minimum Gasteiger partial charge on any atom is -0.497 e. The maximum Gasteiger partial charge on any atom is 0.247 e. The molecule has 0 radical (unpaired) electrons. The molecule has 0 spiro atoms. The zero-order chi connectivity index (χ0) is 13.1. The van der Waals surface area contributed by atoms with E-state index in [-0.39, 0.29) is 0 Å². The molecule has 0 fully saturated rings. The van der Waals surface area contributed by atoms with Gasteiger partial charge in [-0.05, 0) is 31.2 Å². The van der Waals surface area contributed by atoms with Gasteiger partial charge in [0.1, 0.15) is 28.6 Å². The number of ether oxygens (including phenoxy) is 1. The molecule has 1 aromatic heterocycles. The third-order valence-electron chi connectivity index (χ3n) is 2.72. The minimum absolute atomic E-state index is 0.670. The molecule has 0 saturated carbocycles. The summed E-state index contributed by atoms with van der Waals surface area (Å²) in [5.74, 6) is 0.756. The van der Waals surface area contributed by atoms with Crippen LogP contribution in [0.25, 0.3) is 11.3 Å². The molecule has 3 nitrogen and oxygen atoms in total. The third kappa shape index (κ3) is 2.54. The Labute approximate surface area is 125 Å². The summed E-state index contributed by atoms with van der Waals surface area (Å²) in [6, 6.07) is 9.74. The first-order valence-corrected chi connectivity index (χ1v) is 6.85. The van der Waals surface area contributed by atoms with Gasteiger partial charge in [0.15, 0.2) is 0 Å². The molecule has 1 N–H and O–H groups in total. The number of aromatic nitrogens is 1. The Morgan fingerprint density at radius 1 is 1.33 bits per heavy atom. The Morgan fingerprint density at radius 3 is 2.72 bits per heavy atom. The fourth-order valence-corrected chi connectivity index (χ4v) is 2.51. The number of benzene rings is 1. The van der Waals surface area contributed by atoms with E-state index in [4.69, 9.17) is 16.3 Å². The van der Waals surface area contributed by atoms with Crippen molar-refractivity contribution < 1.29 is 9.41 Å². The van der Waals surface area contributed by atoms with Crippen molar-refractivity contribution in [2.75, 3.05) is 10.7 Å². The second kappa shape index (κ2) is 5.75. The van der Waals surface area contributed by atoms with Crippen LogP contribution in [0.3, 0.4) is 0 Å². The normalized spacial score (nSPS) is 10.2. The summed E-state index contributed by atoms with van der Waals surface area (Å²) in [6.07, 6.45) is 1.95. The molecule has 0 amide bonds. The number of hydrogen-bond acceptors (Lipinski definition) is 2. The van der Waals surface area contributed by atoms with Crippen molar-refractivity contribution in [1.29, 1.82) is 0 Å². The molecule has 0 aliphatic carbocycles. The van der Waals surface area contributed by atoms with Crippen LogP contribution in [0.2, 0.25) is 5.02 Å². The smallest absolute Gasteiger partial charge is 0.247 e. The highest BCUT2D eigenvalue weighted by molar-refractivity contribution is 14.1. The predicted octanol–water partition coefficient (Wildman–Crippen LogP) is 3.51. The van der Waals surface area contributed by atoms with Crippen molar-refractivity contribution in [3.63, 3.8) is 0 Å². The van der Waals surface area contributed by atoms with Gasteiger partial charge in [-0.3, -0.25) is 0 Å². The Balaban J connectivity index is 2.62. The number of halogens is 2. The second-order valence-electron chi connectivity index (χ2n) is 3.84. The molecule has 18 heavy (non-hydrogen) atoms.